The summed E-state index contributed by atoms with van der Waals surface area (Å²) in [6.07, 6.45) is 4.75. The van der Waals surface area contributed by atoms with Gasteiger partial charge in [-0.05, 0) is 30.7 Å². The zero-order valence-corrected chi connectivity index (χ0v) is 13.5. The standard InChI is InChI=1S/C18H21N3O3/c22-17(19-16-10-11-24-20-16)13-21(12-15-6-7-15)18(23)9-8-14-4-2-1-3-5-14/h1-5,10-11,15H,6-9,12-13H2,(H,19,20,22). The molecule has 6 nitrogen and oxygen atoms in total. The van der Waals surface area contributed by atoms with Crippen molar-refractivity contribution >= 4 is 17.6 Å². The summed E-state index contributed by atoms with van der Waals surface area (Å²) in [5.41, 5.74) is 1.13. The van der Waals surface area contributed by atoms with Crippen LogP contribution in [-0.4, -0.2) is 35.0 Å². The van der Waals surface area contributed by atoms with E-state index in [9.17, 15) is 9.59 Å². The van der Waals surface area contributed by atoms with Crippen molar-refractivity contribution in [3.05, 3.63) is 48.2 Å². The molecule has 1 aromatic heterocycles. The second-order valence-corrected chi connectivity index (χ2v) is 6.14. The third kappa shape index (κ3) is 4.94. The quantitative estimate of drug-likeness (QED) is 0.808. The highest BCUT2D eigenvalue weighted by Crippen LogP contribution is 2.30. The third-order valence-electron chi connectivity index (χ3n) is 4.04. The van der Waals surface area contributed by atoms with Crippen LogP contribution in [-0.2, 0) is 16.0 Å². The molecule has 1 saturated carbocycles. The highest BCUT2D eigenvalue weighted by Gasteiger charge is 2.27. The first-order chi connectivity index (χ1) is 11.7. The van der Waals surface area contributed by atoms with Gasteiger partial charge in [0.15, 0.2) is 5.82 Å². The highest BCUT2D eigenvalue weighted by molar-refractivity contribution is 5.93. The Hall–Kier alpha value is -2.63. The molecule has 2 aromatic rings. The van der Waals surface area contributed by atoms with Gasteiger partial charge in [-0.2, -0.15) is 0 Å². The number of rotatable bonds is 8. The van der Waals surface area contributed by atoms with Gasteiger partial charge in [-0.1, -0.05) is 35.5 Å². The van der Waals surface area contributed by atoms with Crippen molar-refractivity contribution < 1.29 is 14.1 Å². The lowest BCUT2D eigenvalue weighted by Crippen LogP contribution is -2.39. The molecule has 0 unspecified atom stereocenters. The fraction of sp³-hybridized carbons (Fsp3) is 0.389. The highest BCUT2D eigenvalue weighted by atomic mass is 16.5. The van der Waals surface area contributed by atoms with Gasteiger partial charge >= 0.3 is 0 Å². The third-order valence-corrected chi connectivity index (χ3v) is 4.04. The van der Waals surface area contributed by atoms with Gasteiger partial charge in [0.05, 0.1) is 6.54 Å². The first-order valence-corrected chi connectivity index (χ1v) is 8.22. The summed E-state index contributed by atoms with van der Waals surface area (Å²) < 4.78 is 4.68. The molecule has 1 aliphatic rings. The molecule has 6 heteroatoms. The van der Waals surface area contributed by atoms with E-state index in [0.717, 1.165) is 18.4 Å². The number of aryl methyl sites for hydroxylation is 1. The molecule has 0 radical (unpaired) electrons. The molecule has 126 valence electrons. The average Bonchev–Trinajstić information content (AvgIpc) is 3.26. The molecular weight excluding hydrogens is 306 g/mol. The predicted molar refractivity (Wildman–Crippen MR) is 89.2 cm³/mol. The normalized spacial score (nSPS) is 13.5. The molecule has 24 heavy (non-hydrogen) atoms. The fourth-order valence-electron chi connectivity index (χ4n) is 2.55. The van der Waals surface area contributed by atoms with Gasteiger partial charge in [-0.25, -0.2) is 0 Å². The van der Waals surface area contributed by atoms with Gasteiger partial charge in [0.2, 0.25) is 11.8 Å². The molecule has 0 spiro atoms. The van der Waals surface area contributed by atoms with E-state index >= 15 is 0 Å². The summed E-state index contributed by atoms with van der Waals surface area (Å²) in [5.74, 6) is 0.660. The summed E-state index contributed by atoms with van der Waals surface area (Å²) >= 11 is 0. The van der Waals surface area contributed by atoms with Gasteiger partial charge in [0, 0.05) is 19.0 Å². The molecule has 3 rings (SSSR count). The van der Waals surface area contributed by atoms with E-state index in [1.54, 1.807) is 11.0 Å². The zero-order chi connectivity index (χ0) is 16.8. The number of amides is 2. The Labute approximate surface area is 140 Å². The Balaban J connectivity index is 1.53. The van der Waals surface area contributed by atoms with E-state index in [-0.39, 0.29) is 18.4 Å². The first kappa shape index (κ1) is 16.2. The van der Waals surface area contributed by atoms with Gasteiger partial charge in [0.1, 0.15) is 6.26 Å². The zero-order valence-electron chi connectivity index (χ0n) is 13.5. The Kier molecular flexibility index (Phi) is 5.25. The summed E-state index contributed by atoms with van der Waals surface area (Å²) in [6.45, 7) is 0.705. The van der Waals surface area contributed by atoms with Gasteiger partial charge in [-0.3, -0.25) is 9.59 Å². The molecule has 0 aliphatic heterocycles. The van der Waals surface area contributed by atoms with E-state index in [1.165, 1.54) is 6.26 Å². The van der Waals surface area contributed by atoms with Crippen LogP contribution in [0.5, 0.6) is 0 Å². The van der Waals surface area contributed by atoms with Crippen molar-refractivity contribution in [1.29, 1.82) is 0 Å². The largest absolute Gasteiger partial charge is 0.363 e. The molecule has 0 atom stereocenters. The minimum Gasteiger partial charge on any atom is -0.363 e. The summed E-state index contributed by atoms with van der Waals surface area (Å²) in [4.78, 5) is 26.3. The number of carbonyl (C=O) groups is 2. The smallest absolute Gasteiger partial charge is 0.245 e. The fourth-order valence-corrected chi connectivity index (χ4v) is 2.55. The SMILES string of the molecule is O=C(CN(CC1CC1)C(=O)CCc1ccccc1)Nc1ccon1. The van der Waals surface area contributed by atoms with E-state index in [1.807, 2.05) is 30.3 Å². The average molecular weight is 327 g/mol. The summed E-state index contributed by atoms with van der Waals surface area (Å²) in [6, 6.07) is 11.5. The number of carbonyl (C=O) groups excluding carboxylic acids is 2. The van der Waals surface area contributed by atoms with Crippen LogP contribution in [0.1, 0.15) is 24.8 Å². The lowest BCUT2D eigenvalue weighted by molar-refractivity contribution is -0.134. The van der Waals surface area contributed by atoms with Crippen molar-refractivity contribution in [1.82, 2.24) is 10.1 Å². The lowest BCUT2D eigenvalue weighted by Gasteiger charge is -2.22. The minimum absolute atomic E-state index is 0.0149. The maximum atomic E-state index is 12.5. The molecule has 1 aromatic carbocycles. The number of hydrogen-bond donors (Lipinski definition) is 1. The summed E-state index contributed by atoms with van der Waals surface area (Å²) in [7, 11) is 0. The Morgan fingerprint density at radius 3 is 2.67 bits per heavy atom. The summed E-state index contributed by atoms with van der Waals surface area (Å²) in [5, 5.41) is 6.28. The van der Waals surface area contributed by atoms with Crippen LogP contribution in [0.2, 0.25) is 0 Å². The molecule has 0 saturated heterocycles. The molecular formula is C18H21N3O3. The predicted octanol–water partition coefficient (Wildman–Crippen LogP) is 2.48. The first-order valence-electron chi connectivity index (χ1n) is 8.22. The van der Waals surface area contributed by atoms with Crippen LogP contribution in [0, 0.1) is 5.92 Å². The monoisotopic (exact) mass is 327 g/mol. The number of benzene rings is 1. The van der Waals surface area contributed by atoms with Crippen molar-refractivity contribution in [2.75, 3.05) is 18.4 Å². The molecule has 2 amide bonds. The van der Waals surface area contributed by atoms with Crippen molar-refractivity contribution in [3.63, 3.8) is 0 Å². The number of aromatic nitrogens is 1. The Morgan fingerprint density at radius 1 is 1.21 bits per heavy atom. The van der Waals surface area contributed by atoms with Crippen LogP contribution in [0.4, 0.5) is 5.82 Å². The topological polar surface area (TPSA) is 75.4 Å². The maximum absolute atomic E-state index is 12.5. The number of nitrogens with zero attached hydrogens (tertiary/aromatic N) is 2. The van der Waals surface area contributed by atoms with Gasteiger partial charge in [-0.15, -0.1) is 0 Å². The van der Waals surface area contributed by atoms with E-state index in [2.05, 4.69) is 15.0 Å². The van der Waals surface area contributed by atoms with Crippen LogP contribution < -0.4 is 5.32 Å². The number of nitrogens with one attached hydrogen (secondary N) is 1. The Bertz CT molecular complexity index is 666. The van der Waals surface area contributed by atoms with Crippen LogP contribution >= 0.6 is 0 Å². The van der Waals surface area contributed by atoms with Crippen molar-refractivity contribution in [3.8, 4) is 0 Å². The molecule has 1 aliphatic carbocycles. The number of anilines is 1. The van der Waals surface area contributed by atoms with Crippen LogP contribution in [0.25, 0.3) is 0 Å². The molecule has 1 N–H and O–H groups in total. The Morgan fingerprint density at radius 2 is 2.00 bits per heavy atom. The van der Waals surface area contributed by atoms with Crippen molar-refractivity contribution in [2.45, 2.75) is 25.7 Å². The van der Waals surface area contributed by atoms with Crippen LogP contribution in [0.3, 0.4) is 0 Å². The molecule has 1 heterocycles. The van der Waals surface area contributed by atoms with E-state index in [0.29, 0.717) is 31.1 Å². The van der Waals surface area contributed by atoms with Gasteiger partial charge in [0.25, 0.3) is 0 Å². The second-order valence-electron chi connectivity index (χ2n) is 6.14. The van der Waals surface area contributed by atoms with E-state index < -0.39 is 0 Å². The maximum Gasteiger partial charge on any atom is 0.245 e. The van der Waals surface area contributed by atoms with Crippen LogP contribution in [0.15, 0.2) is 47.2 Å². The second kappa shape index (κ2) is 7.77. The number of hydrogen-bond acceptors (Lipinski definition) is 4. The van der Waals surface area contributed by atoms with Crippen molar-refractivity contribution in [2.24, 2.45) is 5.92 Å². The lowest BCUT2D eigenvalue weighted by atomic mass is 10.1. The van der Waals surface area contributed by atoms with E-state index in [4.69, 9.17) is 0 Å². The van der Waals surface area contributed by atoms with Gasteiger partial charge < -0.3 is 14.7 Å². The molecule has 1 fully saturated rings. The molecule has 0 bridgehead atoms. The minimum atomic E-state index is -0.252.